The first-order valence-corrected chi connectivity index (χ1v) is 9.74. The van der Waals surface area contributed by atoms with Crippen molar-refractivity contribution < 1.29 is 9.53 Å². The van der Waals surface area contributed by atoms with Crippen LogP contribution in [0.1, 0.15) is 17.3 Å². The SMILES string of the molecule is C=CCn1c(=NC(=O)c2ccccc2I)sc2cc(OCC)ccc21. The third-order valence-electron chi connectivity index (χ3n) is 3.58. The van der Waals surface area contributed by atoms with Gasteiger partial charge in [0.1, 0.15) is 5.75 Å². The molecule has 3 rings (SSSR count). The largest absolute Gasteiger partial charge is 0.494 e. The lowest BCUT2D eigenvalue weighted by atomic mass is 10.2. The molecule has 1 heterocycles. The third kappa shape index (κ3) is 3.85. The fourth-order valence-corrected chi connectivity index (χ4v) is 4.17. The van der Waals surface area contributed by atoms with Crippen LogP contribution in [0.3, 0.4) is 0 Å². The van der Waals surface area contributed by atoms with Gasteiger partial charge in [0.05, 0.1) is 22.4 Å². The van der Waals surface area contributed by atoms with Crippen molar-refractivity contribution in [2.45, 2.75) is 13.5 Å². The number of fused-ring (bicyclic) bond motifs is 1. The van der Waals surface area contributed by atoms with Gasteiger partial charge in [-0.05, 0) is 59.8 Å². The molecule has 2 aromatic carbocycles. The maximum atomic E-state index is 12.6. The van der Waals surface area contributed by atoms with Crippen LogP contribution >= 0.6 is 33.9 Å². The molecule has 3 aromatic rings. The second-order valence-electron chi connectivity index (χ2n) is 5.24. The zero-order valence-corrected chi connectivity index (χ0v) is 16.7. The van der Waals surface area contributed by atoms with Crippen molar-refractivity contribution in [3.05, 3.63) is 69.1 Å². The molecule has 25 heavy (non-hydrogen) atoms. The average Bonchev–Trinajstić information content (AvgIpc) is 2.92. The van der Waals surface area contributed by atoms with Gasteiger partial charge in [0.15, 0.2) is 4.80 Å². The molecule has 1 aromatic heterocycles. The molecule has 0 atom stereocenters. The molecule has 0 spiro atoms. The van der Waals surface area contributed by atoms with E-state index >= 15 is 0 Å². The van der Waals surface area contributed by atoms with E-state index in [2.05, 4.69) is 34.2 Å². The molecule has 6 heteroatoms. The highest BCUT2D eigenvalue weighted by atomic mass is 127. The second kappa shape index (κ2) is 7.97. The van der Waals surface area contributed by atoms with Crippen LogP contribution in [0.25, 0.3) is 10.2 Å². The van der Waals surface area contributed by atoms with Crippen molar-refractivity contribution >= 4 is 50.1 Å². The predicted octanol–water partition coefficient (Wildman–Crippen LogP) is 4.63. The summed E-state index contributed by atoms with van der Waals surface area (Å²) in [5.74, 6) is 0.580. The van der Waals surface area contributed by atoms with Crippen molar-refractivity contribution in [3.8, 4) is 5.75 Å². The van der Waals surface area contributed by atoms with Gasteiger partial charge in [0.2, 0.25) is 0 Å². The van der Waals surface area contributed by atoms with E-state index in [1.165, 1.54) is 11.3 Å². The quantitative estimate of drug-likeness (QED) is 0.408. The van der Waals surface area contributed by atoms with Gasteiger partial charge in [0, 0.05) is 10.1 Å². The van der Waals surface area contributed by atoms with E-state index < -0.39 is 0 Å². The van der Waals surface area contributed by atoms with E-state index in [-0.39, 0.29) is 5.91 Å². The van der Waals surface area contributed by atoms with Crippen molar-refractivity contribution in [2.75, 3.05) is 6.61 Å². The van der Waals surface area contributed by atoms with Crippen LogP contribution in [0, 0.1) is 3.57 Å². The molecule has 0 bridgehead atoms. The van der Waals surface area contributed by atoms with E-state index in [1.807, 2.05) is 47.9 Å². The third-order valence-corrected chi connectivity index (χ3v) is 5.56. The molecule has 0 saturated heterocycles. The summed E-state index contributed by atoms with van der Waals surface area (Å²) in [6.45, 7) is 6.98. The summed E-state index contributed by atoms with van der Waals surface area (Å²) in [7, 11) is 0. The number of halogens is 1. The van der Waals surface area contributed by atoms with Crippen molar-refractivity contribution in [1.29, 1.82) is 0 Å². The zero-order valence-electron chi connectivity index (χ0n) is 13.7. The molecule has 128 valence electrons. The molecule has 0 aliphatic heterocycles. The second-order valence-corrected chi connectivity index (χ2v) is 7.41. The smallest absolute Gasteiger partial charge is 0.280 e. The van der Waals surface area contributed by atoms with E-state index in [9.17, 15) is 4.79 Å². The zero-order chi connectivity index (χ0) is 17.8. The van der Waals surface area contributed by atoms with Gasteiger partial charge >= 0.3 is 0 Å². The molecule has 0 unspecified atom stereocenters. The highest BCUT2D eigenvalue weighted by Crippen LogP contribution is 2.23. The molecular formula is C19H17IN2O2S. The van der Waals surface area contributed by atoms with Gasteiger partial charge < -0.3 is 9.30 Å². The maximum absolute atomic E-state index is 12.6. The lowest BCUT2D eigenvalue weighted by Crippen LogP contribution is -2.16. The summed E-state index contributed by atoms with van der Waals surface area (Å²) < 4.78 is 9.49. The van der Waals surface area contributed by atoms with Crippen LogP contribution in [-0.2, 0) is 6.54 Å². The number of carbonyl (C=O) groups is 1. The number of hydrogen-bond acceptors (Lipinski definition) is 3. The number of allylic oxidation sites excluding steroid dienone is 1. The minimum atomic E-state index is -0.237. The van der Waals surface area contributed by atoms with Crippen molar-refractivity contribution in [1.82, 2.24) is 4.57 Å². The highest BCUT2D eigenvalue weighted by Gasteiger charge is 2.11. The number of aromatic nitrogens is 1. The van der Waals surface area contributed by atoms with E-state index in [1.54, 1.807) is 12.1 Å². The lowest BCUT2D eigenvalue weighted by molar-refractivity contribution is 0.0997. The van der Waals surface area contributed by atoms with Crippen LogP contribution in [0.4, 0.5) is 0 Å². The van der Waals surface area contributed by atoms with Gasteiger partial charge in [-0.25, -0.2) is 0 Å². The minimum Gasteiger partial charge on any atom is -0.494 e. The summed E-state index contributed by atoms with van der Waals surface area (Å²) in [5.41, 5.74) is 1.63. The molecule has 0 aliphatic rings. The van der Waals surface area contributed by atoms with Gasteiger partial charge in [-0.3, -0.25) is 4.79 Å². The monoisotopic (exact) mass is 464 g/mol. The Hall–Kier alpha value is -1.93. The van der Waals surface area contributed by atoms with Crippen LogP contribution in [0.5, 0.6) is 5.75 Å². The minimum absolute atomic E-state index is 0.237. The summed E-state index contributed by atoms with van der Waals surface area (Å²) in [6, 6.07) is 13.4. The number of carbonyl (C=O) groups excluding carboxylic acids is 1. The first-order chi connectivity index (χ1) is 12.1. The van der Waals surface area contributed by atoms with E-state index in [0.717, 1.165) is 19.5 Å². The summed E-state index contributed by atoms with van der Waals surface area (Å²) in [5, 5.41) is 0. The molecule has 0 aliphatic carbocycles. The molecular weight excluding hydrogens is 447 g/mol. The topological polar surface area (TPSA) is 43.6 Å². The molecule has 0 fully saturated rings. The number of thiazole rings is 1. The lowest BCUT2D eigenvalue weighted by Gasteiger charge is -2.04. The van der Waals surface area contributed by atoms with Gasteiger partial charge in [-0.15, -0.1) is 6.58 Å². The van der Waals surface area contributed by atoms with E-state index in [4.69, 9.17) is 4.74 Å². The van der Waals surface area contributed by atoms with Gasteiger partial charge in [-0.1, -0.05) is 29.5 Å². The van der Waals surface area contributed by atoms with Gasteiger partial charge in [0.25, 0.3) is 5.91 Å². The number of hydrogen-bond donors (Lipinski definition) is 0. The van der Waals surface area contributed by atoms with Gasteiger partial charge in [-0.2, -0.15) is 4.99 Å². The predicted molar refractivity (Wildman–Crippen MR) is 110 cm³/mol. The number of nitrogens with zero attached hydrogens (tertiary/aromatic N) is 2. The van der Waals surface area contributed by atoms with Crippen molar-refractivity contribution in [2.24, 2.45) is 4.99 Å². The molecule has 0 saturated carbocycles. The molecule has 4 nitrogen and oxygen atoms in total. The molecule has 1 amide bonds. The highest BCUT2D eigenvalue weighted by molar-refractivity contribution is 14.1. The fraction of sp³-hybridized carbons (Fsp3) is 0.158. The molecule has 0 radical (unpaired) electrons. The normalized spacial score (nSPS) is 11.7. The van der Waals surface area contributed by atoms with Crippen LogP contribution in [0.2, 0.25) is 0 Å². The fourth-order valence-electron chi connectivity index (χ4n) is 2.48. The summed E-state index contributed by atoms with van der Waals surface area (Å²) in [6.07, 6.45) is 1.80. The summed E-state index contributed by atoms with van der Waals surface area (Å²) in [4.78, 5) is 17.6. The molecule has 0 N–H and O–H groups in total. The van der Waals surface area contributed by atoms with Crippen molar-refractivity contribution in [3.63, 3.8) is 0 Å². The average molecular weight is 464 g/mol. The Morgan fingerprint density at radius 3 is 2.88 bits per heavy atom. The van der Waals surface area contributed by atoms with Crippen LogP contribution in [-0.4, -0.2) is 17.1 Å². The van der Waals surface area contributed by atoms with Crippen LogP contribution < -0.4 is 9.54 Å². The Balaban J connectivity index is 2.13. The Kier molecular flexibility index (Phi) is 5.70. The Labute approximate surface area is 163 Å². The maximum Gasteiger partial charge on any atom is 0.280 e. The summed E-state index contributed by atoms with van der Waals surface area (Å²) >= 11 is 3.63. The number of benzene rings is 2. The Morgan fingerprint density at radius 2 is 2.16 bits per heavy atom. The van der Waals surface area contributed by atoms with E-state index in [0.29, 0.717) is 23.5 Å². The number of rotatable bonds is 5. The number of amides is 1. The van der Waals surface area contributed by atoms with Crippen LogP contribution in [0.15, 0.2) is 60.1 Å². The number of ether oxygens (including phenoxy) is 1. The standard InChI is InChI=1S/C19H17IN2O2S/c1-3-11-22-16-10-9-13(24-4-2)12-17(16)25-19(22)21-18(23)14-7-5-6-8-15(14)20/h3,5-10,12H,1,4,11H2,2H3. The first-order valence-electron chi connectivity index (χ1n) is 7.84. The Bertz CT molecular complexity index is 1000. The first kappa shape index (κ1) is 17.9. The Morgan fingerprint density at radius 1 is 1.36 bits per heavy atom.